The monoisotopic (exact) mass is 223 g/mol. The summed E-state index contributed by atoms with van der Waals surface area (Å²) in [6.07, 6.45) is 2.90. The largest absolute Gasteiger partial charge is 0.340 e. The molecule has 16 heavy (non-hydrogen) atoms. The molecule has 0 aliphatic carbocycles. The van der Waals surface area contributed by atoms with Gasteiger partial charge in [0.1, 0.15) is 5.82 Å². The molecule has 1 saturated heterocycles. The van der Waals surface area contributed by atoms with Gasteiger partial charge in [-0.05, 0) is 11.6 Å². The Kier molecular flexibility index (Phi) is 3.46. The van der Waals surface area contributed by atoms with Crippen LogP contribution >= 0.6 is 0 Å². The third kappa shape index (κ3) is 2.76. The molecule has 0 atom stereocenters. The number of nitrogens with zero attached hydrogens (tertiary/aromatic N) is 2. The van der Waals surface area contributed by atoms with Gasteiger partial charge in [0.05, 0.1) is 12.6 Å². The topological polar surface area (TPSA) is 45.2 Å². The molecule has 1 amide bonds. The van der Waals surface area contributed by atoms with Crippen molar-refractivity contribution >= 4 is 5.91 Å². The minimum absolute atomic E-state index is 0.0360. The van der Waals surface area contributed by atoms with E-state index in [0.29, 0.717) is 5.56 Å². The summed E-state index contributed by atoms with van der Waals surface area (Å²) in [5.74, 6) is -0.362. The van der Waals surface area contributed by atoms with Crippen molar-refractivity contribution < 1.29 is 9.18 Å². The van der Waals surface area contributed by atoms with E-state index in [1.54, 1.807) is 4.90 Å². The fourth-order valence-corrected chi connectivity index (χ4v) is 1.75. The van der Waals surface area contributed by atoms with Crippen molar-refractivity contribution in [2.45, 2.75) is 6.42 Å². The van der Waals surface area contributed by atoms with Gasteiger partial charge in [0.2, 0.25) is 5.91 Å². The molecule has 86 valence electrons. The Hall–Kier alpha value is -1.49. The van der Waals surface area contributed by atoms with Crippen molar-refractivity contribution in [3.05, 3.63) is 29.8 Å². The second kappa shape index (κ2) is 5.03. The van der Waals surface area contributed by atoms with Crippen LogP contribution in [0.4, 0.5) is 4.39 Å². The summed E-state index contributed by atoms with van der Waals surface area (Å²) in [4.78, 5) is 17.3. The van der Waals surface area contributed by atoms with Crippen LogP contribution in [-0.4, -0.2) is 42.0 Å². The molecule has 1 aliphatic rings. The number of carbonyl (C=O) groups is 1. The van der Waals surface area contributed by atoms with Gasteiger partial charge in [0, 0.05) is 32.4 Å². The highest BCUT2D eigenvalue weighted by Crippen LogP contribution is 2.05. The van der Waals surface area contributed by atoms with Crippen molar-refractivity contribution in [1.29, 1.82) is 0 Å². The molecule has 4 nitrogen and oxygen atoms in total. The van der Waals surface area contributed by atoms with Crippen LogP contribution < -0.4 is 5.32 Å². The lowest BCUT2D eigenvalue weighted by molar-refractivity contribution is -0.131. The molecule has 1 aliphatic heterocycles. The zero-order valence-electron chi connectivity index (χ0n) is 8.95. The van der Waals surface area contributed by atoms with Crippen LogP contribution in [0.25, 0.3) is 0 Å². The molecule has 5 heteroatoms. The Morgan fingerprint density at radius 2 is 2.19 bits per heavy atom. The van der Waals surface area contributed by atoms with Gasteiger partial charge >= 0.3 is 0 Å². The van der Waals surface area contributed by atoms with Crippen molar-refractivity contribution in [3.63, 3.8) is 0 Å². The molecule has 0 radical (unpaired) electrons. The van der Waals surface area contributed by atoms with E-state index >= 15 is 0 Å². The molecule has 0 aromatic carbocycles. The zero-order valence-corrected chi connectivity index (χ0v) is 8.95. The van der Waals surface area contributed by atoms with Crippen LogP contribution in [0.3, 0.4) is 0 Å². The highest BCUT2D eigenvalue weighted by molar-refractivity contribution is 5.78. The minimum Gasteiger partial charge on any atom is -0.340 e. The van der Waals surface area contributed by atoms with Gasteiger partial charge in [0.15, 0.2) is 0 Å². The Labute approximate surface area is 93.5 Å². The first kappa shape index (κ1) is 11.0. The maximum absolute atomic E-state index is 12.9. The van der Waals surface area contributed by atoms with Gasteiger partial charge in [-0.15, -0.1) is 0 Å². The fourth-order valence-electron chi connectivity index (χ4n) is 1.75. The van der Waals surface area contributed by atoms with Crippen LogP contribution in [-0.2, 0) is 11.2 Å². The smallest absolute Gasteiger partial charge is 0.227 e. The van der Waals surface area contributed by atoms with E-state index in [0.717, 1.165) is 32.4 Å². The summed E-state index contributed by atoms with van der Waals surface area (Å²) in [6, 6.07) is 1.35. The van der Waals surface area contributed by atoms with E-state index in [4.69, 9.17) is 0 Å². The Morgan fingerprint density at radius 1 is 1.44 bits per heavy atom. The van der Waals surface area contributed by atoms with Crippen LogP contribution in [0.15, 0.2) is 18.5 Å². The van der Waals surface area contributed by atoms with E-state index in [1.807, 2.05) is 0 Å². The summed E-state index contributed by atoms with van der Waals surface area (Å²) in [7, 11) is 0. The molecular formula is C11H14FN3O. The first-order valence-corrected chi connectivity index (χ1v) is 5.33. The summed E-state index contributed by atoms with van der Waals surface area (Å²) in [5.41, 5.74) is 0.628. The molecule has 1 N–H and O–H groups in total. The minimum atomic E-state index is -0.398. The first-order valence-electron chi connectivity index (χ1n) is 5.33. The highest BCUT2D eigenvalue weighted by Gasteiger charge is 2.16. The molecule has 0 spiro atoms. The molecule has 0 unspecified atom stereocenters. The third-order valence-corrected chi connectivity index (χ3v) is 2.59. The highest BCUT2D eigenvalue weighted by atomic mass is 19.1. The number of hydrogen-bond donors (Lipinski definition) is 1. The van der Waals surface area contributed by atoms with Crippen LogP contribution in [0.1, 0.15) is 5.56 Å². The van der Waals surface area contributed by atoms with Crippen molar-refractivity contribution in [2.24, 2.45) is 0 Å². The van der Waals surface area contributed by atoms with Gasteiger partial charge in [0.25, 0.3) is 0 Å². The van der Waals surface area contributed by atoms with Crippen LogP contribution in [0.5, 0.6) is 0 Å². The lowest BCUT2D eigenvalue weighted by Crippen LogP contribution is -2.46. The number of piperazine rings is 1. The van der Waals surface area contributed by atoms with E-state index in [9.17, 15) is 9.18 Å². The van der Waals surface area contributed by atoms with E-state index in [-0.39, 0.29) is 12.3 Å². The molecule has 1 aromatic heterocycles. The molecule has 0 saturated carbocycles. The normalized spacial score (nSPS) is 16.2. The third-order valence-electron chi connectivity index (χ3n) is 2.59. The van der Waals surface area contributed by atoms with Crippen molar-refractivity contribution in [1.82, 2.24) is 15.2 Å². The number of nitrogens with one attached hydrogen (secondary N) is 1. The summed E-state index contributed by atoms with van der Waals surface area (Å²) in [5, 5.41) is 3.18. The molecule has 1 aromatic rings. The predicted octanol–water partition coefficient (Wildman–Crippen LogP) is 0.195. The maximum atomic E-state index is 12.9. The summed E-state index contributed by atoms with van der Waals surface area (Å²) in [6.45, 7) is 3.10. The lowest BCUT2D eigenvalue weighted by atomic mass is 10.2. The zero-order chi connectivity index (χ0) is 11.4. The average molecular weight is 223 g/mol. The molecule has 2 rings (SSSR count). The van der Waals surface area contributed by atoms with Gasteiger partial charge in [-0.1, -0.05) is 0 Å². The van der Waals surface area contributed by atoms with Gasteiger partial charge in [-0.3, -0.25) is 9.78 Å². The Bertz CT molecular complexity index is 377. The van der Waals surface area contributed by atoms with Crippen LogP contribution in [0, 0.1) is 5.82 Å². The molecular weight excluding hydrogens is 209 g/mol. The molecule has 1 fully saturated rings. The van der Waals surface area contributed by atoms with E-state index in [2.05, 4.69) is 10.3 Å². The van der Waals surface area contributed by atoms with Gasteiger partial charge < -0.3 is 10.2 Å². The van der Waals surface area contributed by atoms with Gasteiger partial charge in [-0.25, -0.2) is 4.39 Å². The quantitative estimate of drug-likeness (QED) is 0.778. The second-order valence-corrected chi connectivity index (χ2v) is 3.82. The predicted molar refractivity (Wildman–Crippen MR) is 57.3 cm³/mol. The average Bonchev–Trinajstić information content (AvgIpc) is 2.30. The maximum Gasteiger partial charge on any atom is 0.227 e. The van der Waals surface area contributed by atoms with Crippen molar-refractivity contribution in [3.8, 4) is 0 Å². The molecule has 2 heterocycles. The van der Waals surface area contributed by atoms with Crippen LogP contribution in [0.2, 0.25) is 0 Å². The molecule has 0 bridgehead atoms. The van der Waals surface area contributed by atoms with Crippen molar-refractivity contribution in [2.75, 3.05) is 26.2 Å². The SMILES string of the molecule is O=C(Cc1cncc(F)c1)N1CCNCC1. The van der Waals surface area contributed by atoms with E-state index < -0.39 is 5.82 Å². The first-order chi connectivity index (χ1) is 7.75. The lowest BCUT2D eigenvalue weighted by Gasteiger charge is -2.27. The number of hydrogen-bond acceptors (Lipinski definition) is 3. The number of amides is 1. The number of carbonyl (C=O) groups excluding carboxylic acids is 1. The number of rotatable bonds is 2. The fraction of sp³-hybridized carbons (Fsp3) is 0.455. The standard InChI is InChI=1S/C11H14FN3O/c12-10-5-9(7-14-8-10)6-11(16)15-3-1-13-2-4-15/h5,7-8,13H,1-4,6H2. The number of pyridine rings is 1. The Balaban J connectivity index is 1.96. The van der Waals surface area contributed by atoms with Gasteiger partial charge in [-0.2, -0.15) is 0 Å². The number of aromatic nitrogens is 1. The Morgan fingerprint density at radius 3 is 2.88 bits per heavy atom. The number of halogens is 1. The van der Waals surface area contributed by atoms with E-state index in [1.165, 1.54) is 12.3 Å². The summed E-state index contributed by atoms with van der Waals surface area (Å²) >= 11 is 0. The second-order valence-electron chi connectivity index (χ2n) is 3.82. The summed E-state index contributed by atoms with van der Waals surface area (Å²) < 4.78 is 12.9.